The molecule has 0 saturated heterocycles. The average molecular weight is 509 g/mol. The van der Waals surface area contributed by atoms with E-state index >= 15 is 0 Å². The second-order valence-electron chi connectivity index (χ2n) is 8.74. The van der Waals surface area contributed by atoms with Gasteiger partial charge in [0.2, 0.25) is 0 Å². The normalized spacial score (nSPS) is 10.6. The van der Waals surface area contributed by atoms with E-state index in [0.717, 1.165) is 11.3 Å². The van der Waals surface area contributed by atoms with Crippen LogP contribution in [0.5, 0.6) is 28.7 Å². The van der Waals surface area contributed by atoms with Gasteiger partial charge in [-0.25, -0.2) is 9.59 Å². The molecule has 0 unspecified atom stereocenters. The van der Waals surface area contributed by atoms with Crippen LogP contribution in [-0.4, -0.2) is 35.9 Å². The topological polar surface area (TPSA) is 112 Å². The van der Waals surface area contributed by atoms with E-state index in [1.54, 1.807) is 33.9 Å². The van der Waals surface area contributed by atoms with Crippen LogP contribution in [0.15, 0.2) is 36.4 Å². The van der Waals surface area contributed by atoms with Crippen molar-refractivity contribution < 1.29 is 38.7 Å². The molecule has 0 fully saturated rings. The molecule has 8 heteroatoms. The molecular weight excluding hydrogens is 476 g/mol. The average Bonchev–Trinajstić information content (AvgIpc) is 2.87. The number of benzene rings is 3. The van der Waals surface area contributed by atoms with E-state index in [9.17, 15) is 19.8 Å². The van der Waals surface area contributed by atoms with Gasteiger partial charge in [-0.2, -0.15) is 0 Å². The van der Waals surface area contributed by atoms with Crippen molar-refractivity contribution >= 4 is 11.9 Å². The number of rotatable bonds is 9. The lowest BCUT2D eigenvalue weighted by Crippen LogP contribution is -2.14. The highest BCUT2D eigenvalue weighted by atomic mass is 16.5. The lowest BCUT2D eigenvalue weighted by atomic mass is 10.0. The third-order valence-electron chi connectivity index (χ3n) is 6.01. The summed E-state index contributed by atoms with van der Waals surface area (Å²) in [7, 11) is 1.59. The molecule has 8 nitrogen and oxygen atoms in total. The van der Waals surface area contributed by atoms with Crippen LogP contribution < -0.4 is 14.2 Å². The molecule has 2 N–H and O–H groups in total. The first-order chi connectivity index (χ1) is 17.6. The molecule has 0 atom stereocenters. The number of hydrogen-bond donors (Lipinski definition) is 2. The number of carbonyl (C=O) groups excluding carboxylic acids is 2. The first kappa shape index (κ1) is 27.4. The van der Waals surface area contributed by atoms with Crippen molar-refractivity contribution in [2.24, 2.45) is 0 Å². The van der Waals surface area contributed by atoms with Gasteiger partial charge < -0.3 is 29.2 Å². The fourth-order valence-electron chi connectivity index (χ4n) is 3.81. The third-order valence-corrected chi connectivity index (χ3v) is 6.01. The van der Waals surface area contributed by atoms with Crippen molar-refractivity contribution in [3.8, 4) is 28.7 Å². The van der Waals surface area contributed by atoms with Gasteiger partial charge in [0.1, 0.15) is 46.5 Å². The minimum atomic E-state index is -0.803. The highest BCUT2D eigenvalue weighted by molar-refractivity contribution is 5.98. The van der Waals surface area contributed by atoms with Crippen molar-refractivity contribution in [2.75, 3.05) is 13.7 Å². The van der Waals surface area contributed by atoms with Crippen molar-refractivity contribution in [3.05, 3.63) is 75.3 Å². The molecule has 0 amide bonds. The number of aromatic hydroxyl groups is 2. The standard InChI is InChI=1S/C29H32O8/c1-7-12-35-28(32)24-17(3)14-23(19(5)27(24)31)37-29(33)25-16(2)13-22(18(4)26(25)30)36-15-20-8-10-21(34-6)11-9-20/h8-11,13-14,30-31H,7,12,15H2,1-6H3. The van der Waals surface area contributed by atoms with Crippen LogP contribution in [0.4, 0.5) is 0 Å². The molecule has 0 spiro atoms. The van der Waals surface area contributed by atoms with E-state index in [2.05, 4.69) is 0 Å². The van der Waals surface area contributed by atoms with E-state index in [1.165, 1.54) is 13.0 Å². The summed E-state index contributed by atoms with van der Waals surface area (Å²) in [6.07, 6.45) is 0.647. The number of hydrogen-bond acceptors (Lipinski definition) is 8. The fourth-order valence-corrected chi connectivity index (χ4v) is 3.81. The van der Waals surface area contributed by atoms with Gasteiger partial charge in [0.15, 0.2) is 0 Å². The molecular formula is C29H32O8. The highest BCUT2D eigenvalue weighted by Crippen LogP contribution is 2.37. The van der Waals surface area contributed by atoms with Gasteiger partial charge in [-0.3, -0.25) is 0 Å². The monoisotopic (exact) mass is 508 g/mol. The van der Waals surface area contributed by atoms with Gasteiger partial charge >= 0.3 is 11.9 Å². The van der Waals surface area contributed by atoms with Gasteiger partial charge in [0.25, 0.3) is 0 Å². The Balaban J connectivity index is 1.83. The van der Waals surface area contributed by atoms with Crippen LogP contribution in [0.1, 0.15) is 61.9 Å². The summed E-state index contributed by atoms with van der Waals surface area (Å²) in [4.78, 5) is 25.4. The highest BCUT2D eigenvalue weighted by Gasteiger charge is 2.25. The zero-order valence-electron chi connectivity index (χ0n) is 21.9. The SMILES string of the molecule is CCCOC(=O)c1c(C)cc(OC(=O)c2c(C)cc(OCc3ccc(OC)cc3)c(C)c2O)c(C)c1O. The molecule has 3 aromatic rings. The van der Waals surface area contributed by atoms with Crippen molar-refractivity contribution in [1.82, 2.24) is 0 Å². The maximum Gasteiger partial charge on any atom is 0.347 e. The predicted molar refractivity (Wildman–Crippen MR) is 138 cm³/mol. The molecule has 0 aliphatic rings. The number of esters is 2. The largest absolute Gasteiger partial charge is 0.507 e. The lowest BCUT2D eigenvalue weighted by Gasteiger charge is -2.17. The number of methoxy groups -OCH3 is 1. The van der Waals surface area contributed by atoms with Crippen LogP contribution in [0.3, 0.4) is 0 Å². The first-order valence-electron chi connectivity index (χ1n) is 11.9. The molecule has 0 aliphatic carbocycles. The summed E-state index contributed by atoms with van der Waals surface area (Å²) >= 11 is 0. The Bertz CT molecular complexity index is 1310. The molecule has 196 valence electrons. The molecule has 3 rings (SSSR count). The van der Waals surface area contributed by atoms with Crippen molar-refractivity contribution in [2.45, 2.75) is 47.6 Å². The van der Waals surface area contributed by atoms with Crippen LogP contribution >= 0.6 is 0 Å². The summed E-state index contributed by atoms with van der Waals surface area (Å²) in [5.74, 6) is -0.780. The van der Waals surface area contributed by atoms with Crippen LogP contribution in [-0.2, 0) is 11.3 Å². The molecule has 0 aromatic heterocycles. The molecule has 0 bridgehead atoms. The zero-order valence-corrected chi connectivity index (χ0v) is 21.9. The summed E-state index contributed by atoms with van der Waals surface area (Å²) in [6, 6.07) is 10.6. The maximum atomic E-state index is 13.1. The van der Waals surface area contributed by atoms with Crippen molar-refractivity contribution in [1.29, 1.82) is 0 Å². The lowest BCUT2D eigenvalue weighted by molar-refractivity contribution is 0.0500. The Hall–Kier alpha value is -4.20. The first-order valence-corrected chi connectivity index (χ1v) is 11.9. The summed E-state index contributed by atoms with van der Waals surface area (Å²) in [5, 5.41) is 21.5. The molecule has 0 heterocycles. The minimum absolute atomic E-state index is 0.0164. The number of phenolic OH excluding ortho intramolecular Hbond substituents is 2. The number of aryl methyl sites for hydroxylation is 2. The van der Waals surface area contributed by atoms with Gasteiger partial charge in [-0.15, -0.1) is 0 Å². The Labute approximate surface area is 216 Å². The Morgan fingerprint density at radius 3 is 1.92 bits per heavy atom. The van der Waals surface area contributed by atoms with Gasteiger partial charge in [-0.1, -0.05) is 19.1 Å². The molecule has 3 aromatic carbocycles. The van der Waals surface area contributed by atoms with E-state index in [4.69, 9.17) is 18.9 Å². The maximum absolute atomic E-state index is 13.1. The molecule has 0 saturated carbocycles. The van der Waals surface area contributed by atoms with E-state index in [1.807, 2.05) is 31.2 Å². The van der Waals surface area contributed by atoms with Gasteiger partial charge in [0, 0.05) is 11.1 Å². The van der Waals surface area contributed by atoms with Crippen LogP contribution in [0.2, 0.25) is 0 Å². The Morgan fingerprint density at radius 2 is 1.35 bits per heavy atom. The van der Waals surface area contributed by atoms with Crippen LogP contribution in [0.25, 0.3) is 0 Å². The quantitative estimate of drug-likeness (QED) is 0.279. The summed E-state index contributed by atoms with van der Waals surface area (Å²) in [6.45, 7) is 8.81. The third kappa shape index (κ3) is 5.97. The predicted octanol–water partition coefficient (Wildman–Crippen LogP) is 5.71. The van der Waals surface area contributed by atoms with E-state index < -0.39 is 11.9 Å². The summed E-state index contributed by atoms with van der Waals surface area (Å²) in [5.41, 5.74) is 2.36. The molecule has 37 heavy (non-hydrogen) atoms. The van der Waals surface area contributed by atoms with Crippen LogP contribution in [0, 0.1) is 27.7 Å². The summed E-state index contributed by atoms with van der Waals surface area (Å²) < 4.78 is 21.7. The molecule has 0 aliphatic heterocycles. The van der Waals surface area contributed by atoms with Crippen molar-refractivity contribution in [3.63, 3.8) is 0 Å². The Kier molecular flexibility index (Phi) is 8.65. The molecule has 0 radical (unpaired) electrons. The smallest absolute Gasteiger partial charge is 0.347 e. The van der Waals surface area contributed by atoms with Gasteiger partial charge in [0.05, 0.1) is 13.7 Å². The van der Waals surface area contributed by atoms with E-state index in [0.29, 0.717) is 28.9 Å². The minimum Gasteiger partial charge on any atom is -0.507 e. The zero-order chi connectivity index (χ0) is 27.3. The number of phenols is 2. The van der Waals surface area contributed by atoms with E-state index in [-0.39, 0.29) is 47.2 Å². The van der Waals surface area contributed by atoms with Gasteiger partial charge in [-0.05, 0) is 75.1 Å². The Morgan fingerprint density at radius 1 is 0.811 bits per heavy atom. The number of ether oxygens (including phenoxy) is 4. The second kappa shape index (κ2) is 11.7. The number of carbonyl (C=O) groups is 2. The second-order valence-corrected chi connectivity index (χ2v) is 8.74. The fraction of sp³-hybridized carbons (Fsp3) is 0.310.